The van der Waals surface area contributed by atoms with Crippen molar-refractivity contribution in [2.24, 2.45) is 0 Å². The number of anilines is 1. The van der Waals surface area contributed by atoms with Crippen molar-refractivity contribution in [1.29, 1.82) is 0 Å². The number of phenols is 1. The number of amides is 1. The summed E-state index contributed by atoms with van der Waals surface area (Å²) in [7, 11) is 0. The standard InChI is InChI=1S/C16H13N3O3S/c20-10-2-4-14-13(8-10)19(5-6-22-14)15(21)9-1-3-11-12(7-9)18-16(23)17-11/h1-4,7-8,20H,5-6H2,(H2,17,18,23). The first kappa shape index (κ1) is 13.8. The number of carbonyl (C=O) groups is 1. The molecule has 1 aromatic heterocycles. The highest BCUT2D eigenvalue weighted by Gasteiger charge is 2.25. The van der Waals surface area contributed by atoms with Crippen molar-refractivity contribution >= 4 is 34.8 Å². The van der Waals surface area contributed by atoms with Crippen LogP contribution in [0.2, 0.25) is 0 Å². The molecule has 7 heteroatoms. The summed E-state index contributed by atoms with van der Waals surface area (Å²) in [5.74, 6) is 0.532. The Kier molecular flexibility index (Phi) is 3.09. The van der Waals surface area contributed by atoms with Crippen molar-refractivity contribution in [2.75, 3.05) is 18.1 Å². The lowest BCUT2D eigenvalue weighted by Crippen LogP contribution is -2.37. The molecule has 1 aliphatic rings. The fourth-order valence-electron chi connectivity index (χ4n) is 2.74. The molecule has 0 spiro atoms. The highest BCUT2D eigenvalue weighted by Crippen LogP contribution is 2.35. The average Bonchev–Trinajstić information content (AvgIpc) is 2.92. The van der Waals surface area contributed by atoms with Crippen molar-refractivity contribution < 1.29 is 14.6 Å². The number of hydrogen-bond donors (Lipinski definition) is 3. The van der Waals surface area contributed by atoms with E-state index in [0.717, 1.165) is 11.0 Å². The number of benzene rings is 2. The summed E-state index contributed by atoms with van der Waals surface area (Å²) in [4.78, 5) is 20.5. The Hall–Kier alpha value is -2.80. The van der Waals surface area contributed by atoms with E-state index < -0.39 is 0 Å². The number of H-pyrrole nitrogens is 2. The zero-order valence-corrected chi connectivity index (χ0v) is 12.8. The second-order valence-corrected chi connectivity index (χ2v) is 5.71. The average molecular weight is 327 g/mol. The zero-order chi connectivity index (χ0) is 16.0. The number of fused-ring (bicyclic) bond motifs is 2. The lowest BCUT2D eigenvalue weighted by molar-refractivity contribution is 0.0976. The minimum Gasteiger partial charge on any atom is -0.508 e. The van der Waals surface area contributed by atoms with Crippen LogP contribution in [0.3, 0.4) is 0 Å². The third-order valence-corrected chi connectivity index (χ3v) is 4.02. The fraction of sp³-hybridized carbons (Fsp3) is 0.125. The van der Waals surface area contributed by atoms with Gasteiger partial charge in [0.1, 0.15) is 18.1 Å². The second kappa shape index (κ2) is 5.13. The maximum absolute atomic E-state index is 12.9. The van der Waals surface area contributed by atoms with Crippen LogP contribution in [0.15, 0.2) is 36.4 Å². The molecule has 3 N–H and O–H groups in total. The van der Waals surface area contributed by atoms with Gasteiger partial charge in [0.25, 0.3) is 5.91 Å². The molecular formula is C16H13N3O3S. The maximum atomic E-state index is 12.9. The molecule has 23 heavy (non-hydrogen) atoms. The largest absolute Gasteiger partial charge is 0.508 e. The number of aromatic nitrogens is 2. The van der Waals surface area contributed by atoms with E-state index in [1.54, 1.807) is 29.2 Å². The number of aromatic amines is 2. The highest BCUT2D eigenvalue weighted by atomic mass is 32.1. The molecule has 0 aliphatic carbocycles. The summed E-state index contributed by atoms with van der Waals surface area (Å²) in [5.41, 5.74) is 2.75. The van der Waals surface area contributed by atoms with Gasteiger partial charge in [-0.2, -0.15) is 0 Å². The minimum atomic E-state index is -0.150. The van der Waals surface area contributed by atoms with Gasteiger partial charge in [-0.25, -0.2) is 0 Å². The number of aromatic hydroxyl groups is 1. The molecule has 3 aromatic rings. The van der Waals surface area contributed by atoms with Gasteiger partial charge in [0.15, 0.2) is 4.77 Å². The van der Waals surface area contributed by atoms with E-state index in [1.165, 1.54) is 6.07 Å². The maximum Gasteiger partial charge on any atom is 0.258 e. The summed E-state index contributed by atoms with van der Waals surface area (Å²) in [6.07, 6.45) is 0. The number of phenolic OH excluding ortho intramolecular Hbond substituents is 1. The van der Waals surface area contributed by atoms with Crippen LogP contribution in [0.4, 0.5) is 5.69 Å². The molecule has 0 bridgehead atoms. The van der Waals surface area contributed by atoms with Crippen molar-refractivity contribution in [3.63, 3.8) is 0 Å². The molecule has 4 rings (SSSR count). The zero-order valence-electron chi connectivity index (χ0n) is 12.0. The lowest BCUT2D eigenvalue weighted by atomic mass is 10.1. The fourth-order valence-corrected chi connectivity index (χ4v) is 2.96. The highest BCUT2D eigenvalue weighted by molar-refractivity contribution is 7.71. The van der Waals surface area contributed by atoms with E-state index in [9.17, 15) is 9.90 Å². The van der Waals surface area contributed by atoms with Gasteiger partial charge >= 0.3 is 0 Å². The summed E-state index contributed by atoms with van der Waals surface area (Å²) < 4.78 is 6.06. The Morgan fingerprint density at radius 3 is 2.87 bits per heavy atom. The van der Waals surface area contributed by atoms with E-state index in [2.05, 4.69) is 9.97 Å². The molecule has 0 radical (unpaired) electrons. The Morgan fingerprint density at radius 1 is 1.17 bits per heavy atom. The van der Waals surface area contributed by atoms with Crippen molar-refractivity contribution in [2.45, 2.75) is 0 Å². The molecule has 0 fully saturated rings. The van der Waals surface area contributed by atoms with Crippen LogP contribution >= 0.6 is 12.2 Å². The molecule has 1 amide bonds. The molecule has 2 heterocycles. The Balaban J connectivity index is 1.76. The van der Waals surface area contributed by atoms with E-state index in [4.69, 9.17) is 17.0 Å². The molecule has 0 atom stereocenters. The SMILES string of the molecule is O=C(c1ccc2[nH]c(=S)[nH]c2c1)N1CCOc2ccc(O)cc21. The first-order valence-electron chi connectivity index (χ1n) is 7.11. The molecule has 1 aliphatic heterocycles. The Morgan fingerprint density at radius 2 is 2.00 bits per heavy atom. The van der Waals surface area contributed by atoms with Gasteiger partial charge in [-0.1, -0.05) is 0 Å². The number of carbonyl (C=O) groups excluding carboxylic acids is 1. The molecule has 2 aromatic carbocycles. The van der Waals surface area contributed by atoms with Crippen LogP contribution in [0.1, 0.15) is 10.4 Å². The Bertz CT molecular complexity index is 976. The molecule has 0 unspecified atom stereocenters. The van der Waals surface area contributed by atoms with Gasteiger partial charge in [-0.3, -0.25) is 4.79 Å². The number of rotatable bonds is 1. The van der Waals surface area contributed by atoms with Crippen LogP contribution in [0.5, 0.6) is 11.5 Å². The van der Waals surface area contributed by atoms with Crippen molar-refractivity contribution in [1.82, 2.24) is 9.97 Å². The van der Waals surface area contributed by atoms with Crippen molar-refractivity contribution in [3.05, 3.63) is 46.7 Å². The van der Waals surface area contributed by atoms with Crippen LogP contribution < -0.4 is 9.64 Å². The first-order valence-corrected chi connectivity index (χ1v) is 7.52. The summed E-state index contributed by atoms with van der Waals surface area (Å²) in [5, 5.41) is 9.69. The second-order valence-electron chi connectivity index (χ2n) is 5.30. The van der Waals surface area contributed by atoms with Gasteiger partial charge in [0.05, 0.1) is 23.3 Å². The van der Waals surface area contributed by atoms with E-state index in [0.29, 0.717) is 34.9 Å². The predicted octanol–water partition coefficient (Wildman–Crippen LogP) is 2.97. The van der Waals surface area contributed by atoms with Crippen LogP contribution in [0.25, 0.3) is 11.0 Å². The van der Waals surface area contributed by atoms with Gasteiger partial charge in [0, 0.05) is 11.6 Å². The first-order chi connectivity index (χ1) is 11.1. The number of nitrogens with one attached hydrogen (secondary N) is 2. The van der Waals surface area contributed by atoms with Gasteiger partial charge in [0.2, 0.25) is 0 Å². The molecule has 6 nitrogen and oxygen atoms in total. The topological polar surface area (TPSA) is 81.4 Å². The molecule has 0 saturated heterocycles. The predicted molar refractivity (Wildman–Crippen MR) is 88.8 cm³/mol. The number of hydrogen-bond acceptors (Lipinski definition) is 4. The van der Waals surface area contributed by atoms with Crippen molar-refractivity contribution in [3.8, 4) is 11.5 Å². The summed E-state index contributed by atoms with van der Waals surface area (Å²) >= 11 is 5.06. The number of ether oxygens (including phenoxy) is 1. The lowest BCUT2D eigenvalue weighted by Gasteiger charge is -2.29. The van der Waals surface area contributed by atoms with E-state index in [1.807, 2.05) is 6.07 Å². The monoisotopic (exact) mass is 327 g/mol. The third-order valence-electron chi connectivity index (χ3n) is 3.81. The van der Waals surface area contributed by atoms with Gasteiger partial charge < -0.3 is 24.7 Å². The molecule has 116 valence electrons. The third kappa shape index (κ3) is 2.35. The number of imidazole rings is 1. The van der Waals surface area contributed by atoms with E-state index in [-0.39, 0.29) is 11.7 Å². The molecular weight excluding hydrogens is 314 g/mol. The normalized spacial score (nSPS) is 13.7. The summed E-state index contributed by atoms with van der Waals surface area (Å²) in [6.45, 7) is 0.842. The van der Waals surface area contributed by atoms with Gasteiger partial charge in [-0.15, -0.1) is 0 Å². The quantitative estimate of drug-likeness (QED) is 0.600. The number of nitrogens with zero attached hydrogens (tertiary/aromatic N) is 1. The van der Waals surface area contributed by atoms with Crippen LogP contribution in [-0.4, -0.2) is 34.1 Å². The van der Waals surface area contributed by atoms with Gasteiger partial charge in [-0.05, 0) is 42.5 Å². The van der Waals surface area contributed by atoms with Crippen LogP contribution in [-0.2, 0) is 0 Å². The smallest absolute Gasteiger partial charge is 0.258 e. The minimum absolute atomic E-state index is 0.0946. The molecule has 0 saturated carbocycles. The summed E-state index contributed by atoms with van der Waals surface area (Å²) in [6, 6.07) is 10.1. The Labute approximate surface area is 136 Å². The van der Waals surface area contributed by atoms with Crippen LogP contribution in [0, 0.1) is 4.77 Å². The van der Waals surface area contributed by atoms with E-state index >= 15 is 0 Å².